The maximum atomic E-state index is 5.31. The van der Waals surface area contributed by atoms with Crippen LogP contribution >= 0.6 is 24.0 Å². The Morgan fingerprint density at radius 2 is 1.82 bits per heavy atom. The summed E-state index contributed by atoms with van der Waals surface area (Å²) < 4.78 is 5.31. The molecule has 0 aliphatic carbocycles. The molecule has 0 atom stereocenters. The quantitative estimate of drug-likeness (QED) is 0.446. The minimum atomic E-state index is -0.0238. The van der Waals surface area contributed by atoms with Crippen molar-refractivity contribution < 1.29 is 4.74 Å². The number of ether oxygens (including phenoxy) is 1. The molecule has 0 radical (unpaired) electrons. The molecule has 0 aliphatic heterocycles. The van der Waals surface area contributed by atoms with Crippen LogP contribution in [0, 0.1) is 0 Å². The zero-order chi connectivity index (χ0) is 16.1. The van der Waals surface area contributed by atoms with Gasteiger partial charge >= 0.3 is 0 Å². The fourth-order valence-electron chi connectivity index (χ4n) is 1.99. The predicted molar refractivity (Wildman–Crippen MR) is 106 cm³/mol. The molecule has 0 unspecified atom stereocenters. The third kappa shape index (κ3) is 6.85. The van der Waals surface area contributed by atoms with Gasteiger partial charge in [-0.2, -0.15) is 0 Å². The second kappa shape index (κ2) is 8.60. The van der Waals surface area contributed by atoms with Crippen molar-refractivity contribution in [3.63, 3.8) is 0 Å². The molecule has 22 heavy (non-hydrogen) atoms. The molecule has 0 amide bonds. The molecular formula is C17H30IN3O. The van der Waals surface area contributed by atoms with E-state index < -0.39 is 0 Å². The lowest BCUT2D eigenvalue weighted by Crippen LogP contribution is -2.50. The van der Waals surface area contributed by atoms with Crippen LogP contribution < -0.4 is 15.4 Å². The Kier molecular flexibility index (Phi) is 8.22. The highest BCUT2D eigenvalue weighted by molar-refractivity contribution is 14.0. The number of nitrogens with zero attached hydrogens (tertiary/aromatic N) is 1. The van der Waals surface area contributed by atoms with Gasteiger partial charge in [-0.05, 0) is 38.5 Å². The van der Waals surface area contributed by atoms with Crippen molar-refractivity contribution in [1.82, 2.24) is 10.6 Å². The smallest absolute Gasteiger partial charge is 0.191 e. The van der Waals surface area contributed by atoms with E-state index in [9.17, 15) is 0 Å². The van der Waals surface area contributed by atoms with Gasteiger partial charge in [-0.3, -0.25) is 4.99 Å². The topological polar surface area (TPSA) is 45.7 Å². The Hall–Kier alpha value is -0.980. The lowest BCUT2D eigenvalue weighted by atomic mass is 9.84. The summed E-state index contributed by atoms with van der Waals surface area (Å²) >= 11 is 0. The number of halogens is 1. The van der Waals surface area contributed by atoms with Crippen LogP contribution in [-0.2, 0) is 5.41 Å². The Morgan fingerprint density at radius 1 is 1.18 bits per heavy atom. The summed E-state index contributed by atoms with van der Waals surface area (Å²) in [5, 5.41) is 6.77. The summed E-state index contributed by atoms with van der Waals surface area (Å²) in [4.78, 5) is 4.27. The van der Waals surface area contributed by atoms with Gasteiger partial charge in [0.15, 0.2) is 5.96 Å². The van der Waals surface area contributed by atoms with Crippen molar-refractivity contribution in [1.29, 1.82) is 0 Å². The van der Waals surface area contributed by atoms with Crippen LogP contribution in [0.1, 0.15) is 40.2 Å². The molecule has 126 valence electrons. The normalized spacial score (nSPS) is 12.4. The van der Waals surface area contributed by atoms with Gasteiger partial charge in [-0.1, -0.05) is 26.0 Å². The Morgan fingerprint density at radius 3 is 2.32 bits per heavy atom. The lowest BCUT2D eigenvalue weighted by Gasteiger charge is -2.29. The highest BCUT2D eigenvalue weighted by Crippen LogP contribution is 2.25. The molecule has 0 fully saturated rings. The van der Waals surface area contributed by atoms with E-state index in [4.69, 9.17) is 4.74 Å². The van der Waals surface area contributed by atoms with Gasteiger partial charge in [0, 0.05) is 24.5 Å². The van der Waals surface area contributed by atoms with E-state index in [-0.39, 0.29) is 34.9 Å². The van der Waals surface area contributed by atoms with Crippen LogP contribution in [0.2, 0.25) is 0 Å². The van der Waals surface area contributed by atoms with E-state index in [0.29, 0.717) is 0 Å². The summed E-state index contributed by atoms with van der Waals surface area (Å²) in [5.74, 6) is 1.70. The van der Waals surface area contributed by atoms with Crippen LogP contribution in [0.15, 0.2) is 29.3 Å². The highest BCUT2D eigenvalue weighted by atomic mass is 127. The summed E-state index contributed by atoms with van der Waals surface area (Å²) in [6.07, 6.45) is 0. The number of guanidine groups is 1. The molecule has 0 aromatic heterocycles. The van der Waals surface area contributed by atoms with Crippen molar-refractivity contribution in [2.24, 2.45) is 4.99 Å². The Bertz CT molecular complexity index is 493. The van der Waals surface area contributed by atoms with Crippen molar-refractivity contribution >= 4 is 29.9 Å². The van der Waals surface area contributed by atoms with Crippen molar-refractivity contribution in [2.45, 2.75) is 45.6 Å². The van der Waals surface area contributed by atoms with E-state index in [1.165, 1.54) is 5.56 Å². The molecular weight excluding hydrogens is 389 g/mol. The van der Waals surface area contributed by atoms with E-state index >= 15 is 0 Å². The minimum Gasteiger partial charge on any atom is -0.497 e. The fraction of sp³-hybridized carbons (Fsp3) is 0.588. The number of aliphatic imine (C=N–C) groups is 1. The molecule has 0 saturated heterocycles. The molecule has 1 rings (SSSR count). The zero-order valence-corrected chi connectivity index (χ0v) is 17.1. The first kappa shape index (κ1) is 21.0. The van der Waals surface area contributed by atoms with E-state index in [1.807, 2.05) is 12.1 Å². The van der Waals surface area contributed by atoms with Crippen LogP contribution in [0.4, 0.5) is 0 Å². The summed E-state index contributed by atoms with van der Waals surface area (Å²) in [6, 6.07) is 8.21. The number of hydrogen-bond acceptors (Lipinski definition) is 2. The van der Waals surface area contributed by atoms with Gasteiger partial charge in [0.25, 0.3) is 0 Å². The molecule has 1 aromatic rings. The van der Waals surface area contributed by atoms with E-state index in [2.05, 4.69) is 62.4 Å². The molecule has 0 bridgehead atoms. The zero-order valence-electron chi connectivity index (χ0n) is 14.8. The van der Waals surface area contributed by atoms with Crippen LogP contribution in [0.5, 0.6) is 5.75 Å². The molecule has 0 saturated carbocycles. The van der Waals surface area contributed by atoms with Gasteiger partial charge in [-0.25, -0.2) is 0 Å². The first-order valence-electron chi connectivity index (χ1n) is 7.31. The molecule has 0 spiro atoms. The second-order valence-electron chi connectivity index (χ2n) is 6.92. The van der Waals surface area contributed by atoms with Crippen LogP contribution in [0.25, 0.3) is 0 Å². The largest absolute Gasteiger partial charge is 0.497 e. The van der Waals surface area contributed by atoms with Gasteiger partial charge < -0.3 is 15.4 Å². The molecule has 0 heterocycles. The van der Waals surface area contributed by atoms with Gasteiger partial charge in [0.1, 0.15) is 5.75 Å². The van der Waals surface area contributed by atoms with Crippen molar-refractivity contribution in [3.8, 4) is 5.75 Å². The number of rotatable bonds is 4. The molecule has 2 N–H and O–H groups in total. The third-order valence-electron chi connectivity index (χ3n) is 3.27. The number of methoxy groups -OCH3 is 1. The lowest BCUT2D eigenvalue weighted by molar-refractivity contribution is 0.411. The molecule has 1 aromatic carbocycles. The Balaban J connectivity index is 0.00000441. The maximum absolute atomic E-state index is 5.31. The first-order chi connectivity index (χ1) is 9.68. The average Bonchev–Trinajstić information content (AvgIpc) is 2.42. The second-order valence-corrected chi connectivity index (χ2v) is 6.92. The van der Waals surface area contributed by atoms with E-state index in [1.54, 1.807) is 14.2 Å². The highest BCUT2D eigenvalue weighted by Gasteiger charge is 2.22. The molecule has 5 heteroatoms. The average molecular weight is 419 g/mol. The Labute approximate surface area is 152 Å². The monoisotopic (exact) mass is 419 g/mol. The predicted octanol–water partition coefficient (Wildman–Crippen LogP) is 3.55. The van der Waals surface area contributed by atoms with Gasteiger partial charge in [0.05, 0.1) is 7.11 Å². The number of benzene rings is 1. The molecule has 4 nitrogen and oxygen atoms in total. The van der Waals surface area contributed by atoms with Crippen LogP contribution in [-0.4, -0.2) is 32.2 Å². The fourth-order valence-corrected chi connectivity index (χ4v) is 1.99. The first-order valence-corrected chi connectivity index (χ1v) is 7.31. The van der Waals surface area contributed by atoms with Gasteiger partial charge in [0.2, 0.25) is 0 Å². The SMILES string of the molecule is CN=C(NCC(C)(C)c1cccc(OC)c1)NC(C)(C)C.I. The number of hydrogen-bond donors (Lipinski definition) is 2. The maximum Gasteiger partial charge on any atom is 0.191 e. The standard InChI is InChI=1S/C17H29N3O.HI/c1-16(2,3)20-15(18-6)19-12-17(4,5)13-9-8-10-14(11-13)21-7;/h8-11H,12H2,1-7H3,(H2,18,19,20);1H. The number of nitrogens with one attached hydrogen (secondary N) is 2. The van der Waals surface area contributed by atoms with E-state index in [0.717, 1.165) is 18.3 Å². The minimum absolute atomic E-state index is 0. The third-order valence-corrected chi connectivity index (χ3v) is 3.27. The van der Waals surface area contributed by atoms with Crippen molar-refractivity contribution in [2.75, 3.05) is 20.7 Å². The van der Waals surface area contributed by atoms with Crippen LogP contribution in [0.3, 0.4) is 0 Å². The summed E-state index contributed by atoms with van der Waals surface area (Å²) in [7, 11) is 3.49. The summed E-state index contributed by atoms with van der Waals surface area (Å²) in [6.45, 7) is 11.6. The molecule has 0 aliphatic rings. The summed E-state index contributed by atoms with van der Waals surface area (Å²) in [5.41, 5.74) is 1.20. The van der Waals surface area contributed by atoms with Crippen molar-refractivity contribution in [3.05, 3.63) is 29.8 Å². The van der Waals surface area contributed by atoms with Gasteiger partial charge in [-0.15, -0.1) is 24.0 Å².